The molecule has 1 atom stereocenters. The number of hydrogen-bond acceptors (Lipinski definition) is 6. The van der Waals surface area contributed by atoms with Gasteiger partial charge in [-0.15, -0.1) is 0 Å². The van der Waals surface area contributed by atoms with Crippen molar-refractivity contribution in [2.24, 2.45) is 0 Å². The summed E-state index contributed by atoms with van der Waals surface area (Å²) < 4.78 is 4.38. The molecule has 0 fully saturated rings. The number of hydrogen-bond donors (Lipinski definition) is 3. The predicted molar refractivity (Wildman–Crippen MR) is 133 cm³/mol. The third-order valence-corrected chi connectivity index (χ3v) is 5.56. The van der Waals surface area contributed by atoms with Crippen molar-refractivity contribution < 1.29 is 28.7 Å². The summed E-state index contributed by atoms with van der Waals surface area (Å²) in [5, 5.41) is 9.72. The molecule has 3 N–H and O–H groups in total. The van der Waals surface area contributed by atoms with Gasteiger partial charge < -0.3 is 20.7 Å². The van der Waals surface area contributed by atoms with Crippen LogP contribution >= 0.6 is 0 Å². The molecule has 9 heteroatoms. The first kappa shape index (κ1) is 26.1. The average molecular weight is 490 g/mol. The smallest absolute Gasteiger partial charge is 0.313 e. The molecule has 9 nitrogen and oxygen atoms in total. The fourth-order valence-electron chi connectivity index (χ4n) is 3.69. The van der Waals surface area contributed by atoms with Gasteiger partial charge in [0.15, 0.2) is 5.78 Å². The molecule has 0 saturated carbocycles. The van der Waals surface area contributed by atoms with E-state index in [9.17, 15) is 24.0 Å². The second kappa shape index (κ2) is 12.3. The minimum Gasteiger partial charge on any atom is -0.469 e. The molecule has 0 aliphatic heterocycles. The third-order valence-electron chi connectivity index (χ3n) is 5.56. The van der Waals surface area contributed by atoms with E-state index >= 15 is 0 Å². The number of benzene rings is 3. The van der Waals surface area contributed by atoms with E-state index in [-0.39, 0.29) is 18.5 Å². The van der Waals surface area contributed by atoms with Crippen molar-refractivity contribution >= 4 is 40.2 Å². The molecule has 0 aliphatic carbocycles. The van der Waals surface area contributed by atoms with Crippen molar-refractivity contribution in [2.75, 3.05) is 13.7 Å². The standard InChI is InChI=1S/C27H27N3O6/c1-17(21-13-7-10-18-8-3-5-11-22(18)21)30-25(33)23-12-6-4-9-19(23)15-28-26(34)27(35)29-16-20(31)14-24(32)36-2/h3-13,17H,14-16H2,1-2H3,(H,28,34)(H,29,35)(H,30,33)/t17-/m1/s1. The Morgan fingerprint density at radius 3 is 2.28 bits per heavy atom. The molecule has 0 heterocycles. The molecule has 3 aromatic carbocycles. The summed E-state index contributed by atoms with van der Waals surface area (Å²) >= 11 is 0. The molecular formula is C27H27N3O6. The van der Waals surface area contributed by atoms with E-state index in [1.165, 1.54) is 0 Å². The largest absolute Gasteiger partial charge is 0.469 e. The van der Waals surface area contributed by atoms with Gasteiger partial charge in [-0.25, -0.2) is 0 Å². The van der Waals surface area contributed by atoms with Crippen LogP contribution in [0.5, 0.6) is 0 Å². The molecule has 0 aromatic heterocycles. The van der Waals surface area contributed by atoms with Crippen molar-refractivity contribution in [1.82, 2.24) is 16.0 Å². The fraction of sp³-hybridized carbons (Fsp3) is 0.222. The summed E-state index contributed by atoms with van der Waals surface area (Å²) in [5.41, 5.74) is 1.85. The summed E-state index contributed by atoms with van der Waals surface area (Å²) in [5.74, 6) is -3.65. The molecule has 0 bridgehead atoms. The Labute approximate surface area is 208 Å². The Kier molecular flexibility index (Phi) is 8.88. The number of ether oxygens (including phenoxy) is 1. The van der Waals surface area contributed by atoms with Gasteiger partial charge in [-0.2, -0.15) is 0 Å². The molecule has 0 aliphatic rings. The maximum atomic E-state index is 13.1. The minimum atomic E-state index is -1.03. The molecule has 3 amide bonds. The second-order valence-electron chi connectivity index (χ2n) is 8.08. The quantitative estimate of drug-likeness (QED) is 0.240. The van der Waals surface area contributed by atoms with E-state index in [2.05, 4.69) is 20.7 Å². The van der Waals surface area contributed by atoms with Crippen LogP contribution in [0, 0.1) is 0 Å². The topological polar surface area (TPSA) is 131 Å². The van der Waals surface area contributed by atoms with Crippen LogP contribution in [-0.4, -0.2) is 43.1 Å². The summed E-state index contributed by atoms with van der Waals surface area (Å²) in [4.78, 5) is 59.9. The molecule has 3 rings (SSSR count). The number of amides is 3. The Bertz CT molecular complexity index is 1300. The van der Waals surface area contributed by atoms with Gasteiger partial charge in [0.2, 0.25) is 0 Å². The van der Waals surface area contributed by atoms with Crippen molar-refractivity contribution in [1.29, 1.82) is 0 Å². The molecule has 3 aromatic rings. The van der Waals surface area contributed by atoms with E-state index < -0.39 is 36.5 Å². The van der Waals surface area contributed by atoms with Gasteiger partial charge in [-0.05, 0) is 34.9 Å². The lowest BCUT2D eigenvalue weighted by Gasteiger charge is -2.18. The Morgan fingerprint density at radius 2 is 1.50 bits per heavy atom. The summed E-state index contributed by atoms with van der Waals surface area (Å²) in [6.07, 6.45) is -0.502. The zero-order valence-electron chi connectivity index (χ0n) is 20.0. The number of carbonyl (C=O) groups is 5. The fourth-order valence-corrected chi connectivity index (χ4v) is 3.69. The highest BCUT2D eigenvalue weighted by Crippen LogP contribution is 2.24. The van der Waals surface area contributed by atoms with Gasteiger partial charge in [0, 0.05) is 12.1 Å². The average Bonchev–Trinajstić information content (AvgIpc) is 2.89. The van der Waals surface area contributed by atoms with E-state index in [4.69, 9.17) is 0 Å². The highest BCUT2D eigenvalue weighted by atomic mass is 16.5. The lowest BCUT2D eigenvalue weighted by Crippen LogP contribution is -2.42. The molecule has 0 saturated heterocycles. The number of methoxy groups -OCH3 is 1. The zero-order chi connectivity index (χ0) is 26.1. The van der Waals surface area contributed by atoms with Gasteiger partial charge in [-0.1, -0.05) is 60.7 Å². The van der Waals surface area contributed by atoms with Gasteiger partial charge >= 0.3 is 17.8 Å². The van der Waals surface area contributed by atoms with Crippen LogP contribution in [-0.2, 0) is 30.5 Å². The zero-order valence-corrected chi connectivity index (χ0v) is 20.0. The molecule has 0 spiro atoms. The van der Waals surface area contributed by atoms with E-state index in [0.29, 0.717) is 11.1 Å². The number of carbonyl (C=O) groups excluding carboxylic acids is 5. The highest BCUT2D eigenvalue weighted by Gasteiger charge is 2.19. The predicted octanol–water partition coefficient (Wildman–Crippen LogP) is 2.20. The minimum absolute atomic E-state index is 0.0748. The molecular weight excluding hydrogens is 462 g/mol. The lowest BCUT2D eigenvalue weighted by molar-refractivity contribution is -0.143. The first-order chi connectivity index (χ1) is 17.3. The Balaban J connectivity index is 1.60. The van der Waals surface area contributed by atoms with Crippen molar-refractivity contribution in [2.45, 2.75) is 25.9 Å². The summed E-state index contributed by atoms with van der Waals surface area (Å²) in [6, 6.07) is 20.3. The van der Waals surface area contributed by atoms with Crippen molar-refractivity contribution in [3.8, 4) is 0 Å². The van der Waals surface area contributed by atoms with Gasteiger partial charge in [0.25, 0.3) is 5.91 Å². The molecule has 36 heavy (non-hydrogen) atoms. The molecule has 0 radical (unpaired) electrons. The molecule has 0 unspecified atom stereocenters. The van der Waals surface area contributed by atoms with E-state index in [1.807, 2.05) is 49.4 Å². The van der Waals surface area contributed by atoms with Gasteiger partial charge in [-0.3, -0.25) is 24.0 Å². The maximum absolute atomic E-state index is 13.1. The van der Waals surface area contributed by atoms with Gasteiger partial charge in [0.1, 0.15) is 6.42 Å². The number of Topliss-reactive ketones (excluding diaryl/α,β-unsaturated/α-hetero) is 1. The Hall–Kier alpha value is -4.53. The number of nitrogens with one attached hydrogen (secondary N) is 3. The van der Waals surface area contributed by atoms with Crippen molar-refractivity contribution in [3.63, 3.8) is 0 Å². The van der Waals surface area contributed by atoms with Crippen molar-refractivity contribution in [3.05, 3.63) is 83.4 Å². The maximum Gasteiger partial charge on any atom is 0.313 e. The van der Waals surface area contributed by atoms with Crippen LogP contribution in [0.25, 0.3) is 10.8 Å². The van der Waals surface area contributed by atoms with Gasteiger partial charge in [0.05, 0.1) is 19.7 Å². The first-order valence-corrected chi connectivity index (χ1v) is 11.3. The second-order valence-corrected chi connectivity index (χ2v) is 8.08. The number of fused-ring (bicyclic) bond motifs is 1. The summed E-state index contributed by atoms with van der Waals surface area (Å²) in [7, 11) is 1.14. The van der Waals surface area contributed by atoms with Crippen LogP contribution in [0.1, 0.15) is 40.9 Å². The van der Waals surface area contributed by atoms with Crippen LogP contribution < -0.4 is 16.0 Å². The molecule has 186 valence electrons. The van der Waals surface area contributed by atoms with Crippen LogP contribution in [0.3, 0.4) is 0 Å². The SMILES string of the molecule is COC(=O)CC(=O)CNC(=O)C(=O)NCc1ccccc1C(=O)N[C@H](C)c1cccc2ccccc12. The third kappa shape index (κ3) is 6.75. The lowest BCUT2D eigenvalue weighted by atomic mass is 9.99. The Morgan fingerprint density at radius 1 is 0.833 bits per heavy atom. The monoisotopic (exact) mass is 489 g/mol. The van der Waals surface area contributed by atoms with Crippen LogP contribution in [0.4, 0.5) is 0 Å². The van der Waals surface area contributed by atoms with E-state index in [0.717, 1.165) is 23.4 Å². The summed E-state index contributed by atoms with van der Waals surface area (Å²) in [6.45, 7) is 1.34. The number of ketones is 1. The van der Waals surface area contributed by atoms with E-state index in [1.54, 1.807) is 24.3 Å². The number of rotatable bonds is 9. The highest BCUT2D eigenvalue weighted by molar-refractivity contribution is 6.35. The van der Waals surface area contributed by atoms with Crippen LogP contribution in [0.15, 0.2) is 66.7 Å². The normalized spacial score (nSPS) is 11.3. The van der Waals surface area contributed by atoms with Crippen LogP contribution in [0.2, 0.25) is 0 Å². The number of esters is 1. The first-order valence-electron chi connectivity index (χ1n) is 11.3.